The van der Waals surface area contributed by atoms with E-state index in [-0.39, 0.29) is 23.0 Å². The molecule has 3 rings (SSSR count). The van der Waals surface area contributed by atoms with E-state index in [1.807, 2.05) is 0 Å². The Bertz CT molecular complexity index is 1190. The van der Waals surface area contributed by atoms with Gasteiger partial charge >= 0.3 is 5.69 Å². The number of H-pyrrole nitrogens is 1. The zero-order valence-corrected chi connectivity index (χ0v) is 16.3. The van der Waals surface area contributed by atoms with E-state index in [1.54, 1.807) is 31.2 Å². The lowest BCUT2D eigenvalue weighted by Crippen LogP contribution is -2.24. The summed E-state index contributed by atoms with van der Waals surface area (Å²) in [4.78, 5) is 11.8. The molecule has 0 aliphatic heterocycles. The standard InChI is InChI=1S/C17H17ClN4O5S/c1-2-7-19-28(26,27)15-8-10(13(23)9-14(15)24)16-20-21-17(25)22(16)12-6-4-3-5-11(12)18/h3-6,8-9,19,23-24H,2,7H2,1H3,(H,21,25). The summed E-state index contributed by atoms with van der Waals surface area (Å²) in [6.45, 7) is 1.96. The first kappa shape index (κ1) is 19.9. The molecule has 0 spiro atoms. The zero-order valence-electron chi connectivity index (χ0n) is 14.7. The van der Waals surface area contributed by atoms with E-state index in [0.29, 0.717) is 12.1 Å². The topological polar surface area (TPSA) is 137 Å². The second kappa shape index (κ2) is 7.66. The maximum atomic E-state index is 12.5. The Hall–Kier alpha value is -2.82. The number of nitrogens with zero attached hydrogens (tertiary/aromatic N) is 2. The second-order valence-electron chi connectivity index (χ2n) is 5.87. The molecule has 28 heavy (non-hydrogen) atoms. The summed E-state index contributed by atoms with van der Waals surface area (Å²) in [6.07, 6.45) is 0.552. The molecule has 4 N–H and O–H groups in total. The highest BCUT2D eigenvalue weighted by Gasteiger charge is 2.24. The summed E-state index contributed by atoms with van der Waals surface area (Å²) < 4.78 is 28.3. The maximum absolute atomic E-state index is 12.5. The molecule has 2 aromatic carbocycles. The van der Waals surface area contributed by atoms with Crippen LogP contribution in [-0.4, -0.2) is 39.9 Å². The van der Waals surface area contributed by atoms with Crippen LogP contribution in [0.1, 0.15) is 13.3 Å². The Kier molecular flexibility index (Phi) is 5.45. The molecule has 0 radical (unpaired) electrons. The Morgan fingerprint density at radius 3 is 2.61 bits per heavy atom. The van der Waals surface area contributed by atoms with Gasteiger partial charge in [0.2, 0.25) is 10.0 Å². The number of phenolic OH excluding ortho intramolecular Hbond substituents is 2. The van der Waals surface area contributed by atoms with Crippen LogP contribution in [0.25, 0.3) is 17.1 Å². The highest BCUT2D eigenvalue weighted by atomic mass is 35.5. The van der Waals surface area contributed by atoms with Crippen molar-refractivity contribution in [3.8, 4) is 28.6 Å². The van der Waals surface area contributed by atoms with Gasteiger partial charge in [0.15, 0.2) is 5.82 Å². The number of phenols is 2. The van der Waals surface area contributed by atoms with Gasteiger partial charge < -0.3 is 10.2 Å². The molecular weight excluding hydrogens is 408 g/mol. The predicted octanol–water partition coefficient (Wildman–Crippen LogP) is 1.98. The van der Waals surface area contributed by atoms with Gasteiger partial charge in [0.1, 0.15) is 16.4 Å². The van der Waals surface area contributed by atoms with Gasteiger partial charge in [-0.15, -0.1) is 0 Å². The van der Waals surface area contributed by atoms with Gasteiger partial charge in [-0.1, -0.05) is 30.7 Å². The average molecular weight is 425 g/mol. The van der Waals surface area contributed by atoms with Gasteiger partial charge in [-0.05, 0) is 24.6 Å². The molecule has 0 unspecified atom stereocenters. The smallest absolute Gasteiger partial charge is 0.348 e. The molecule has 1 heterocycles. The minimum atomic E-state index is -4.04. The summed E-state index contributed by atoms with van der Waals surface area (Å²) in [7, 11) is -4.04. The minimum Gasteiger partial charge on any atom is -0.507 e. The number of nitrogens with one attached hydrogen (secondary N) is 2. The molecule has 0 fully saturated rings. The molecule has 9 nitrogen and oxygen atoms in total. The number of para-hydroxylation sites is 1. The number of sulfonamides is 1. The van der Waals surface area contributed by atoms with E-state index in [1.165, 1.54) is 0 Å². The van der Waals surface area contributed by atoms with Crippen molar-refractivity contribution in [1.82, 2.24) is 19.5 Å². The Labute approximate surface area is 165 Å². The van der Waals surface area contributed by atoms with Gasteiger partial charge in [-0.2, -0.15) is 5.10 Å². The van der Waals surface area contributed by atoms with E-state index < -0.39 is 32.1 Å². The summed E-state index contributed by atoms with van der Waals surface area (Å²) in [5, 5.41) is 26.7. The van der Waals surface area contributed by atoms with Gasteiger partial charge in [-0.3, -0.25) is 0 Å². The summed E-state index contributed by atoms with van der Waals surface area (Å²) in [5.41, 5.74) is -0.420. The number of halogens is 1. The number of hydrogen-bond donors (Lipinski definition) is 4. The van der Waals surface area contributed by atoms with Crippen molar-refractivity contribution in [1.29, 1.82) is 0 Å². The molecule has 0 atom stereocenters. The lowest BCUT2D eigenvalue weighted by molar-refractivity contribution is 0.440. The van der Waals surface area contributed by atoms with Crippen LogP contribution >= 0.6 is 11.6 Å². The SMILES string of the molecule is CCCNS(=O)(=O)c1cc(-c2n[nH]c(=O)n2-c2ccccc2Cl)c(O)cc1O. The predicted molar refractivity (Wildman–Crippen MR) is 103 cm³/mol. The monoisotopic (exact) mass is 424 g/mol. The number of aromatic hydroxyl groups is 2. The fourth-order valence-corrected chi connectivity index (χ4v) is 4.06. The van der Waals surface area contributed by atoms with E-state index in [0.717, 1.165) is 16.7 Å². The number of hydrogen-bond acceptors (Lipinski definition) is 6. The van der Waals surface area contributed by atoms with E-state index in [2.05, 4.69) is 14.9 Å². The second-order valence-corrected chi connectivity index (χ2v) is 8.02. The highest BCUT2D eigenvalue weighted by Crippen LogP contribution is 2.36. The van der Waals surface area contributed by atoms with E-state index in [4.69, 9.17) is 11.6 Å². The molecule has 1 aromatic heterocycles. The Balaban J connectivity index is 2.23. The van der Waals surface area contributed by atoms with E-state index >= 15 is 0 Å². The first-order valence-electron chi connectivity index (χ1n) is 8.24. The molecule has 0 saturated heterocycles. The van der Waals surface area contributed by atoms with Crippen LogP contribution in [0, 0.1) is 0 Å². The summed E-state index contributed by atoms with van der Waals surface area (Å²) in [6, 6.07) is 8.41. The van der Waals surface area contributed by atoms with Gasteiger partial charge in [-0.25, -0.2) is 27.6 Å². The third-order valence-corrected chi connectivity index (χ3v) is 5.73. The van der Waals surface area contributed by atoms with Crippen molar-refractivity contribution in [3.05, 3.63) is 51.9 Å². The largest absolute Gasteiger partial charge is 0.507 e. The first-order valence-corrected chi connectivity index (χ1v) is 10.1. The van der Waals surface area contributed by atoms with Crippen molar-refractivity contribution >= 4 is 21.6 Å². The van der Waals surface area contributed by atoms with Crippen LogP contribution < -0.4 is 10.4 Å². The van der Waals surface area contributed by atoms with Crippen molar-refractivity contribution in [2.75, 3.05) is 6.54 Å². The van der Waals surface area contributed by atoms with Crippen LogP contribution in [-0.2, 0) is 10.0 Å². The number of rotatable bonds is 6. The summed E-state index contributed by atoms with van der Waals surface area (Å²) >= 11 is 6.16. The van der Waals surface area contributed by atoms with Crippen molar-refractivity contribution in [2.45, 2.75) is 18.2 Å². The molecule has 0 saturated carbocycles. The van der Waals surface area contributed by atoms with Crippen molar-refractivity contribution in [2.24, 2.45) is 0 Å². The quantitative estimate of drug-likeness (QED) is 0.477. The molecule has 3 aromatic rings. The van der Waals surface area contributed by atoms with Crippen LogP contribution in [0.3, 0.4) is 0 Å². The Morgan fingerprint density at radius 2 is 1.93 bits per heavy atom. The number of aromatic nitrogens is 3. The first-order chi connectivity index (χ1) is 13.3. The lowest BCUT2D eigenvalue weighted by Gasteiger charge is -2.12. The molecule has 11 heteroatoms. The average Bonchev–Trinajstić information content (AvgIpc) is 3.01. The highest BCUT2D eigenvalue weighted by molar-refractivity contribution is 7.89. The van der Waals surface area contributed by atoms with Crippen LogP contribution in [0.2, 0.25) is 5.02 Å². The maximum Gasteiger partial charge on any atom is 0.348 e. The summed E-state index contributed by atoms with van der Waals surface area (Å²) in [5.74, 6) is -1.16. The fourth-order valence-electron chi connectivity index (χ4n) is 2.60. The van der Waals surface area contributed by atoms with Crippen molar-refractivity contribution in [3.63, 3.8) is 0 Å². The van der Waals surface area contributed by atoms with Crippen LogP contribution in [0.5, 0.6) is 11.5 Å². The minimum absolute atomic E-state index is 0.0671. The lowest BCUT2D eigenvalue weighted by atomic mass is 10.1. The van der Waals surface area contributed by atoms with Crippen LogP contribution in [0.4, 0.5) is 0 Å². The Morgan fingerprint density at radius 1 is 1.21 bits per heavy atom. The number of aromatic amines is 1. The van der Waals surface area contributed by atoms with Gasteiger partial charge in [0.05, 0.1) is 16.3 Å². The fraction of sp³-hybridized carbons (Fsp3) is 0.176. The molecule has 148 valence electrons. The molecular formula is C17H17ClN4O5S. The molecule has 0 aliphatic rings. The molecule has 0 aliphatic carbocycles. The van der Waals surface area contributed by atoms with Gasteiger partial charge in [0.25, 0.3) is 0 Å². The normalized spacial score (nSPS) is 11.6. The third kappa shape index (κ3) is 3.61. The molecule has 0 amide bonds. The number of benzene rings is 2. The van der Waals surface area contributed by atoms with Gasteiger partial charge in [0, 0.05) is 12.6 Å². The third-order valence-electron chi connectivity index (χ3n) is 3.92. The molecule has 0 bridgehead atoms. The van der Waals surface area contributed by atoms with Crippen LogP contribution in [0.15, 0.2) is 46.1 Å². The van der Waals surface area contributed by atoms with Crippen molar-refractivity contribution < 1.29 is 18.6 Å². The zero-order chi connectivity index (χ0) is 20.5. The van der Waals surface area contributed by atoms with E-state index in [9.17, 15) is 23.4 Å².